The van der Waals surface area contributed by atoms with Crippen LogP contribution in [-0.4, -0.2) is 22.9 Å². The molecule has 0 spiro atoms. The van der Waals surface area contributed by atoms with Crippen molar-refractivity contribution in [1.82, 2.24) is 0 Å². The fourth-order valence-corrected chi connectivity index (χ4v) is 2.08. The highest BCUT2D eigenvalue weighted by Crippen LogP contribution is 2.23. The number of aliphatic hydroxyl groups excluding tert-OH is 2. The standard InChI is InChI=1S/C17H21NO3/c18-10-9-16(19)17(20)14-7-4-8-15(11-14)21-12-13-5-2-1-3-6-13/h1-8,11,16-17,19-20H,9-10,12,18H2. The average Bonchev–Trinajstić information content (AvgIpc) is 2.54. The first-order chi connectivity index (χ1) is 10.2. The van der Waals surface area contributed by atoms with Crippen molar-refractivity contribution in [3.63, 3.8) is 0 Å². The second-order valence-corrected chi connectivity index (χ2v) is 4.94. The summed E-state index contributed by atoms with van der Waals surface area (Å²) < 4.78 is 5.71. The Labute approximate surface area is 124 Å². The van der Waals surface area contributed by atoms with Crippen LogP contribution >= 0.6 is 0 Å². The predicted octanol–water partition coefficient (Wildman–Crippen LogP) is 2.01. The number of hydrogen-bond acceptors (Lipinski definition) is 4. The lowest BCUT2D eigenvalue weighted by atomic mass is 10.0. The fourth-order valence-electron chi connectivity index (χ4n) is 2.08. The number of ether oxygens (including phenoxy) is 1. The lowest BCUT2D eigenvalue weighted by molar-refractivity contribution is 0.0149. The van der Waals surface area contributed by atoms with Gasteiger partial charge in [-0.15, -0.1) is 0 Å². The van der Waals surface area contributed by atoms with E-state index in [1.165, 1.54) is 0 Å². The molecule has 0 amide bonds. The van der Waals surface area contributed by atoms with Crippen molar-refractivity contribution in [2.75, 3.05) is 6.54 Å². The van der Waals surface area contributed by atoms with E-state index in [1.54, 1.807) is 18.2 Å². The van der Waals surface area contributed by atoms with E-state index in [0.717, 1.165) is 5.56 Å². The van der Waals surface area contributed by atoms with E-state index in [1.807, 2.05) is 36.4 Å². The van der Waals surface area contributed by atoms with Crippen LogP contribution in [0.1, 0.15) is 23.7 Å². The van der Waals surface area contributed by atoms with E-state index in [-0.39, 0.29) is 0 Å². The molecule has 0 aliphatic rings. The van der Waals surface area contributed by atoms with Crippen LogP contribution in [0.25, 0.3) is 0 Å². The zero-order valence-electron chi connectivity index (χ0n) is 11.9. The number of rotatable bonds is 7. The number of nitrogens with two attached hydrogens (primary N) is 1. The molecular formula is C17H21NO3. The molecule has 4 nitrogen and oxygen atoms in total. The molecule has 2 aromatic rings. The third-order valence-corrected chi connectivity index (χ3v) is 3.27. The number of benzene rings is 2. The highest BCUT2D eigenvalue weighted by Gasteiger charge is 2.17. The second kappa shape index (κ2) is 7.78. The van der Waals surface area contributed by atoms with Crippen molar-refractivity contribution in [2.45, 2.75) is 25.2 Å². The van der Waals surface area contributed by atoms with Gasteiger partial charge in [0.2, 0.25) is 0 Å². The Hall–Kier alpha value is -1.88. The maximum Gasteiger partial charge on any atom is 0.120 e. The maximum atomic E-state index is 10.1. The van der Waals surface area contributed by atoms with Crippen LogP contribution in [0.4, 0.5) is 0 Å². The lowest BCUT2D eigenvalue weighted by Crippen LogP contribution is -2.21. The minimum Gasteiger partial charge on any atom is -0.489 e. The minimum atomic E-state index is -0.950. The average molecular weight is 287 g/mol. The molecule has 0 radical (unpaired) electrons. The molecule has 2 aromatic carbocycles. The van der Waals surface area contributed by atoms with Gasteiger partial charge < -0.3 is 20.7 Å². The highest BCUT2D eigenvalue weighted by molar-refractivity contribution is 5.30. The van der Waals surface area contributed by atoms with Crippen molar-refractivity contribution in [3.05, 3.63) is 65.7 Å². The summed E-state index contributed by atoms with van der Waals surface area (Å²) in [5.41, 5.74) is 7.09. The summed E-state index contributed by atoms with van der Waals surface area (Å²) in [6.45, 7) is 0.800. The largest absolute Gasteiger partial charge is 0.489 e. The summed E-state index contributed by atoms with van der Waals surface area (Å²) in [6, 6.07) is 17.0. The third-order valence-electron chi connectivity index (χ3n) is 3.27. The van der Waals surface area contributed by atoms with Crippen molar-refractivity contribution < 1.29 is 14.9 Å². The third kappa shape index (κ3) is 4.56. The lowest BCUT2D eigenvalue weighted by Gasteiger charge is -2.18. The Morgan fingerprint density at radius 3 is 2.48 bits per heavy atom. The molecule has 21 heavy (non-hydrogen) atoms. The Morgan fingerprint density at radius 2 is 1.76 bits per heavy atom. The first kappa shape index (κ1) is 15.5. The van der Waals surface area contributed by atoms with Crippen LogP contribution in [0.5, 0.6) is 5.75 Å². The fraction of sp³-hybridized carbons (Fsp3) is 0.294. The van der Waals surface area contributed by atoms with E-state index in [4.69, 9.17) is 10.5 Å². The zero-order chi connectivity index (χ0) is 15.1. The van der Waals surface area contributed by atoms with Gasteiger partial charge >= 0.3 is 0 Å². The summed E-state index contributed by atoms with van der Waals surface area (Å²) in [6.07, 6.45) is -1.45. The van der Waals surface area contributed by atoms with Gasteiger partial charge in [0.1, 0.15) is 18.5 Å². The topological polar surface area (TPSA) is 75.7 Å². The van der Waals surface area contributed by atoms with Gasteiger partial charge in [-0.2, -0.15) is 0 Å². The van der Waals surface area contributed by atoms with Crippen LogP contribution < -0.4 is 10.5 Å². The predicted molar refractivity (Wildman–Crippen MR) is 81.9 cm³/mol. The van der Waals surface area contributed by atoms with Crippen molar-refractivity contribution in [2.24, 2.45) is 5.73 Å². The molecule has 0 aliphatic carbocycles. The summed E-state index contributed by atoms with van der Waals surface area (Å²) in [5, 5.41) is 19.9. The Kier molecular flexibility index (Phi) is 5.75. The minimum absolute atomic E-state index is 0.336. The molecule has 0 fully saturated rings. The molecule has 0 aliphatic heterocycles. The van der Waals surface area contributed by atoms with Crippen molar-refractivity contribution in [1.29, 1.82) is 0 Å². The van der Waals surface area contributed by atoms with Crippen LogP contribution in [0, 0.1) is 0 Å². The molecule has 0 saturated carbocycles. The molecule has 4 N–H and O–H groups in total. The van der Waals surface area contributed by atoms with Crippen LogP contribution in [0.2, 0.25) is 0 Å². The molecule has 0 saturated heterocycles. The quantitative estimate of drug-likeness (QED) is 0.728. The number of aliphatic hydroxyl groups is 2. The van der Waals surface area contributed by atoms with Gasteiger partial charge in [-0.3, -0.25) is 0 Å². The first-order valence-corrected chi connectivity index (χ1v) is 7.03. The molecule has 2 atom stereocenters. The van der Waals surface area contributed by atoms with E-state index < -0.39 is 12.2 Å². The Morgan fingerprint density at radius 1 is 1.00 bits per heavy atom. The van der Waals surface area contributed by atoms with Crippen LogP contribution in [-0.2, 0) is 6.61 Å². The smallest absolute Gasteiger partial charge is 0.120 e. The summed E-state index contributed by atoms with van der Waals surface area (Å²) >= 11 is 0. The Balaban J connectivity index is 2.00. The van der Waals surface area contributed by atoms with Gasteiger partial charge in [-0.25, -0.2) is 0 Å². The number of hydrogen-bond donors (Lipinski definition) is 3. The molecule has 0 bridgehead atoms. The van der Waals surface area contributed by atoms with Crippen LogP contribution in [0.15, 0.2) is 54.6 Å². The van der Waals surface area contributed by atoms with E-state index in [9.17, 15) is 10.2 Å². The van der Waals surface area contributed by atoms with Gasteiger partial charge in [-0.1, -0.05) is 42.5 Å². The van der Waals surface area contributed by atoms with Gasteiger partial charge in [-0.05, 0) is 36.2 Å². The van der Waals surface area contributed by atoms with Crippen LogP contribution in [0.3, 0.4) is 0 Å². The monoisotopic (exact) mass is 287 g/mol. The summed E-state index contributed by atoms with van der Waals surface area (Å²) in [4.78, 5) is 0. The van der Waals surface area contributed by atoms with Gasteiger partial charge in [0.15, 0.2) is 0 Å². The van der Waals surface area contributed by atoms with Crippen molar-refractivity contribution >= 4 is 0 Å². The van der Waals surface area contributed by atoms with Gasteiger partial charge in [0.25, 0.3) is 0 Å². The molecule has 112 valence electrons. The SMILES string of the molecule is NCCC(O)C(O)c1cccc(OCc2ccccc2)c1. The van der Waals surface area contributed by atoms with E-state index in [2.05, 4.69) is 0 Å². The normalized spacial score (nSPS) is 13.7. The highest BCUT2D eigenvalue weighted by atomic mass is 16.5. The Bertz CT molecular complexity index is 545. The first-order valence-electron chi connectivity index (χ1n) is 7.03. The molecule has 2 unspecified atom stereocenters. The van der Waals surface area contributed by atoms with E-state index >= 15 is 0 Å². The maximum absolute atomic E-state index is 10.1. The van der Waals surface area contributed by atoms with Gasteiger partial charge in [0, 0.05) is 0 Å². The summed E-state index contributed by atoms with van der Waals surface area (Å²) in [7, 11) is 0. The molecule has 2 rings (SSSR count). The molecule has 0 heterocycles. The second-order valence-electron chi connectivity index (χ2n) is 4.94. The molecule has 0 aromatic heterocycles. The molecule has 4 heteroatoms. The van der Waals surface area contributed by atoms with Gasteiger partial charge in [0.05, 0.1) is 6.10 Å². The summed E-state index contributed by atoms with van der Waals surface area (Å²) in [5.74, 6) is 0.662. The van der Waals surface area contributed by atoms with Crippen molar-refractivity contribution in [3.8, 4) is 5.75 Å². The van der Waals surface area contributed by atoms with E-state index in [0.29, 0.717) is 30.9 Å². The molecular weight excluding hydrogens is 266 g/mol. The zero-order valence-corrected chi connectivity index (χ0v) is 11.9.